The first-order valence-electron chi connectivity index (χ1n) is 6.54. The highest BCUT2D eigenvalue weighted by molar-refractivity contribution is 5.79. The standard InChI is InChI=1S/C16H16N2O2/c1-11-4-7-15(19-11)16(10-17)20-13-6-5-12-3-2-8-18-14(12)9-13/h2-9,16H,10,17H2,1H3. The number of pyridine rings is 1. The van der Waals surface area contributed by atoms with E-state index in [-0.39, 0.29) is 6.10 Å². The van der Waals surface area contributed by atoms with Crippen molar-refractivity contribution in [2.45, 2.75) is 13.0 Å². The van der Waals surface area contributed by atoms with Gasteiger partial charge in [-0.15, -0.1) is 0 Å². The van der Waals surface area contributed by atoms with Crippen molar-refractivity contribution in [1.29, 1.82) is 0 Å². The van der Waals surface area contributed by atoms with Gasteiger partial charge in [-0.25, -0.2) is 0 Å². The summed E-state index contributed by atoms with van der Waals surface area (Å²) >= 11 is 0. The smallest absolute Gasteiger partial charge is 0.168 e. The fourth-order valence-electron chi connectivity index (χ4n) is 2.13. The van der Waals surface area contributed by atoms with Crippen molar-refractivity contribution in [2.75, 3.05) is 6.54 Å². The number of rotatable bonds is 4. The van der Waals surface area contributed by atoms with Crippen molar-refractivity contribution >= 4 is 10.9 Å². The van der Waals surface area contributed by atoms with E-state index >= 15 is 0 Å². The summed E-state index contributed by atoms with van der Waals surface area (Å²) in [5.74, 6) is 2.33. The van der Waals surface area contributed by atoms with Crippen LogP contribution in [0.3, 0.4) is 0 Å². The third-order valence-electron chi connectivity index (χ3n) is 3.15. The second-order valence-corrected chi connectivity index (χ2v) is 4.65. The minimum atomic E-state index is -0.287. The summed E-state index contributed by atoms with van der Waals surface area (Å²) in [6.45, 7) is 2.25. The van der Waals surface area contributed by atoms with Crippen molar-refractivity contribution in [3.63, 3.8) is 0 Å². The summed E-state index contributed by atoms with van der Waals surface area (Å²) in [4.78, 5) is 4.32. The Kier molecular flexibility index (Phi) is 3.39. The average Bonchev–Trinajstić information content (AvgIpc) is 2.91. The maximum Gasteiger partial charge on any atom is 0.168 e. The maximum absolute atomic E-state index is 5.91. The topological polar surface area (TPSA) is 61.3 Å². The van der Waals surface area contributed by atoms with Gasteiger partial charge in [-0.2, -0.15) is 0 Å². The number of hydrogen-bond donors (Lipinski definition) is 1. The minimum absolute atomic E-state index is 0.287. The van der Waals surface area contributed by atoms with Gasteiger partial charge in [0, 0.05) is 24.2 Å². The Hall–Kier alpha value is -2.33. The molecule has 0 aliphatic rings. The zero-order valence-electron chi connectivity index (χ0n) is 11.2. The summed E-state index contributed by atoms with van der Waals surface area (Å²) in [6, 6.07) is 13.5. The van der Waals surface area contributed by atoms with Crippen LogP contribution in [0.2, 0.25) is 0 Å². The van der Waals surface area contributed by atoms with Crippen LogP contribution >= 0.6 is 0 Å². The van der Waals surface area contributed by atoms with Gasteiger partial charge in [0.25, 0.3) is 0 Å². The molecule has 102 valence electrons. The van der Waals surface area contributed by atoms with Crippen LogP contribution in [0.5, 0.6) is 5.75 Å². The van der Waals surface area contributed by atoms with Gasteiger partial charge in [0.2, 0.25) is 0 Å². The van der Waals surface area contributed by atoms with Gasteiger partial charge in [-0.05, 0) is 37.3 Å². The van der Waals surface area contributed by atoms with E-state index in [1.165, 1.54) is 0 Å². The van der Waals surface area contributed by atoms with Gasteiger partial charge >= 0.3 is 0 Å². The molecule has 20 heavy (non-hydrogen) atoms. The second kappa shape index (κ2) is 5.35. The summed E-state index contributed by atoms with van der Waals surface area (Å²) in [7, 11) is 0. The van der Waals surface area contributed by atoms with Gasteiger partial charge in [0.05, 0.1) is 5.52 Å². The quantitative estimate of drug-likeness (QED) is 0.789. The number of hydrogen-bond acceptors (Lipinski definition) is 4. The van der Waals surface area contributed by atoms with E-state index in [2.05, 4.69) is 4.98 Å². The summed E-state index contributed by atoms with van der Waals surface area (Å²) in [5.41, 5.74) is 6.67. The normalized spacial score (nSPS) is 12.5. The first-order valence-corrected chi connectivity index (χ1v) is 6.54. The van der Waals surface area contributed by atoms with Crippen LogP contribution in [0.25, 0.3) is 10.9 Å². The molecule has 0 radical (unpaired) electrons. The molecular formula is C16H16N2O2. The van der Waals surface area contributed by atoms with E-state index in [4.69, 9.17) is 14.9 Å². The molecule has 2 heterocycles. The van der Waals surface area contributed by atoms with Crippen molar-refractivity contribution in [3.05, 3.63) is 60.2 Å². The van der Waals surface area contributed by atoms with Crippen LogP contribution < -0.4 is 10.5 Å². The maximum atomic E-state index is 5.91. The Balaban J connectivity index is 1.87. The largest absolute Gasteiger partial charge is 0.481 e. The van der Waals surface area contributed by atoms with E-state index < -0.39 is 0 Å². The molecule has 1 unspecified atom stereocenters. The van der Waals surface area contributed by atoms with Crippen LogP contribution in [0.15, 0.2) is 53.1 Å². The molecule has 2 N–H and O–H groups in total. The number of fused-ring (bicyclic) bond motifs is 1. The Labute approximate surface area is 117 Å². The van der Waals surface area contributed by atoms with E-state index in [9.17, 15) is 0 Å². The highest BCUT2D eigenvalue weighted by atomic mass is 16.5. The zero-order chi connectivity index (χ0) is 13.9. The third kappa shape index (κ3) is 2.51. The van der Waals surface area contributed by atoms with E-state index in [1.807, 2.05) is 49.4 Å². The van der Waals surface area contributed by atoms with Gasteiger partial charge in [-0.3, -0.25) is 4.98 Å². The number of furan rings is 1. The Bertz CT molecular complexity index is 721. The molecule has 0 spiro atoms. The van der Waals surface area contributed by atoms with Crippen molar-refractivity contribution < 1.29 is 9.15 Å². The molecule has 1 atom stereocenters. The molecule has 0 saturated heterocycles. The summed E-state index contributed by atoms with van der Waals surface area (Å²) in [6.07, 6.45) is 1.48. The number of benzene rings is 1. The van der Waals surface area contributed by atoms with Gasteiger partial charge in [0.15, 0.2) is 6.10 Å². The van der Waals surface area contributed by atoms with Crippen molar-refractivity contribution in [1.82, 2.24) is 4.98 Å². The Morgan fingerprint density at radius 2 is 2.15 bits per heavy atom. The molecule has 4 heteroatoms. The molecule has 0 saturated carbocycles. The van der Waals surface area contributed by atoms with E-state index in [0.29, 0.717) is 6.54 Å². The molecule has 2 aromatic heterocycles. The van der Waals surface area contributed by atoms with Crippen molar-refractivity contribution in [3.8, 4) is 5.75 Å². The predicted molar refractivity (Wildman–Crippen MR) is 77.6 cm³/mol. The zero-order valence-corrected chi connectivity index (χ0v) is 11.2. The number of nitrogens with zero attached hydrogens (tertiary/aromatic N) is 1. The Morgan fingerprint density at radius 3 is 2.90 bits per heavy atom. The molecule has 0 bridgehead atoms. The first kappa shape index (κ1) is 12.7. The fourth-order valence-corrected chi connectivity index (χ4v) is 2.13. The van der Waals surface area contributed by atoms with E-state index in [0.717, 1.165) is 28.2 Å². The number of aryl methyl sites for hydroxylation is 1. The highest BCUT2D eigenvalue weighted by Crippen LogP contribution is 2.25. The SMILES string of the molecule is Cc1ccc(C(CN)Oc2ccc3cccnc3c2)o1. The summed E-state index contributed by atoms with van der Waals surface area (Å²) < 4.78 is 11.5. The molecule has 3 aromatic rings. The molecule has 1 aromatic carbocycles. The van der Waals surface area contributed by atoms with Gasteiger partial charge < -0.3 is 14.9 Å². The number of nitrogens with two attached hydrogens (primary N) is 1. The molecule has 0 aliphatic carbocycles. The summed E-state index contributed by atoms with van der Waals surface area (Å²) in [5, 5.41) is 1.08. The van der Waals surface area contributed by atoms with Crippen molar-refractivity contribution in [2.24, 2.45) is 5.73 Å². The van der Waals surface area contributed by atoms with Gasteiger partial charge in [0.1, 0.15) is 17.3 Å². The molecule has 0 fully saturated rings. The van der Waals surface area contributed by atoms with Crippen LogP contribution in [-0.2, 0) is 0 Å². The fraction of sp³-hybridized carbons (Fsp3) is 0.188. The molecule has 4 nitrogen and oxygen atoms in total. The first-order chi connectivity index (χ1) is 9.76. The van der Waals surface area contributed by atoms with Crippen LogP contribution in [0, 0.1) is 6.92 Å². The third-order valence-corrected chi connectivity index (χ3v) is 3.15. The lowest BCUT2D eigenvalue weighted by Crippen LogP contribution is -2.17. The molecule has 0 amide bonds. The highest BCUT2D eigenvalue weighted by Gasteiger charge is 2.15. The number of ether oxygens (including phenoxy) is 1. The van der Waals surface area contributed by atoms with Crippen LogP contribution in [-0.4, -0.2) is 11.5 Å². The second-order valence-electron chi connectivity index (χ2n) is 4.65. The minimum Gasteiger partial charge on any atom is -0.481 e. The monoisotopic (exact) mass is 268 g/mol. The van der Waals surface area contributed by atoms with Crippen LogP contribution in [0.4, 0.5) is 0 Å². The molecule has 0 aliphatic heterocycles. The Morgan fingerprint density at radius 1 is 1.25 bits per heavy atom. The molecule has 3 rings (SSSR count). The lowest BCUT2D eigenvalue weighted by molar-refractivity contribution is 0.182. The van der Waals surface area contributed by atoms with E-state index in [1.54, 1.807) is 6.20 Å². The predicted octanol–water partition coefficient (Wildman–Crippen LogP) is 3.22. The van der Waals surface area contributed by atoms with Gasteiger partial charge in [-0.1, -0.05) is 6.07 Å². The molecular weight excluding hydrogens is 252 g/mol. The average molecular weight is 268 g/mol. The lowest BCUT2D eigenvalue weighted by atomic mass is 10.2. The van der Waals surface area contributed by atoms with Crippen LogP contribution in [0.1, 0.15) is 17.6 Å². The number of aromatic nitrogens is 1. The lowest BCUT2D eigenvalue weighted by Gasteiger charge is -2.15.